The molecular formula is C18H35NO6. The summed E-state index contributed by atoms with van der Waals surface area (Å²) in [6.45, 7) is 14.1. The maximum atomic E-state index is 11.5. The van der Waals surface area contributed by atoms with Crippen molar-refractivity contribution in [3.05, 3.63) is 0 Å². The highest BCUT2D eigenvalue weighted by molar-refractivity contribution is 5.70. The second-order valence-electron chi connectivity index (χ2n) is 7.65. The molecule has 0 aliphatic rings. The van der Waals surface area contributed by atoms with E-state index in [1.165, 1.54) is 0 Å². The molecule has 7 heteroatoms. The number of hydrogen-bond donors (Lipinski definition) is 1. The van der Waals surface area contributed by atoms with Crippen molar-refractivity contribution >= 4 is 11.9 Å². The lowest BCUT2D eigenvalue weighted by molar-refractivity contribution is -0.157. The van der Waals surface area contributed by atoms with E-state index >= 15 is 0 Å². The smallest absolute Gasteiger partial charge is 0.308 e. The third kappa shape index (κ3) is 19.0. The number of carbonyl (C=O) groups excluding carboxylic acids is 2. The van der Waals surface area contributed by atoms with E-state index in [2.05, 4.69) is 5.32 Å². The standard InChI is InChI=1S/C18H35NO6/c1-17(2,3)24-15(20)7-11-22-13-9-19-10-14-23-12-8-16(21)25-18(4,5)6/h19H,7-14H2,1-6H3. The fourth-order valence-electron chi connectivity index (χ4n) is 1.71. The number of esters is 2. The van der Waals surface area contributed by atoms with Gasteiger partial charge in [-0.2, -0.15) is 0 Å². The van der Waals surface area contributed by atoms with Crippen LogP contribution in [-0.2, 0) is 28.5 Å². The van der Waals surface area contributed by atoms with Gasteiger partial charge in [0.2, 0.25) is 0 Å². The van der Waals surface area contributed by atoms with Gasteiger partial charge in [0.15, 0.2) is 0 Å². The minimum atomic E-state index is -0.456. The van der Waals surface area contributed by atoms with Crippen molar-refractivity contribution in [2.45, 2.75) is 65.6 Å². The normalized spacial score (nSPS) is 12.1. The van der Waals surface area contributed by atoms with Crippen LogP contribution in [0.1, 0.15) is 54.4 Å². The van der Waals surface area contributed by atoms with Crippen LogP contribution < -0.4 is 5.32 Å². The molecule has 0 atom stereocenters. The molecule has 7 nitrogen and oxygen atoms in total. The SMILES string of the molecule is CC(C)(C)OC(=O)CCOCCNCCOCCC(=O)OC(C)(C)C. The largest absolute Gasteiger partial charge is 0.460 e. The molecule has 0 saturated heterocycles. The van der Waals surface area contributed by atoms with Gasteiger partial charge in [-0.15, -0.1) is 0 Å². The molecule has 0 spiro atoms. The fraction of sp³-hybridized carbons (Fsp3) is 0.889. The van der Waals surface area contributed by atoms with Gasteiger partial charge in [-0.05, 0) is 41.5 Å². The van der Waals surface area contributed by atoms with Crippen LogP contribution in [0.2, 0.25) is 0 Å². The second-order valence-corrected chi connectivity index (χ2v) is 7.65. The molecule has 0 amide bonds. The molecule has 0 aliphatic heterocycles. The predicted octanol–water partition coefficient (Wildman–Crippen LogP) is 2.07. The molecule has 0 aromatic heterocycles. The Kier molecular flexibility index (Phi) is 11.6. The van der Waals surface area contributed by atoms with E-state index in [1.807, 2.05) is 41.5 Å². The Balaban J connectivity index is 3.35. The molecule has 25 heavy (non-hydrogen) atoms. The van der Waals surface area contributed by atoms with Crippen molar-refractivity contribution in [2.75, 3.05) is 39.5 Å². The van der Waals surface area contributed by atoms with Crippen molar-refractivity contribution < 1.29 is 28.5 Å². The zero-order valence-corrected chi connectivity index (χ0v) is 16.6. The summed E-state index contributed by atoms with van der Waals surface area (Å²) in [5.41, 5.74) is -0.912. The van der Waals surface area contributed by atoms with Crippen molar-refractivity contribution in [1.82, 2.24) is 5.32 Å². The van der Waals surface area contributed by atoms with Crippen LogP contribution in [0.5, 0.6) is 0 Å². The van der Waals surface area contributed by atoms with Gasteiger partial charge in [-0.3, -0.25) is 9.59 Å². The summed E-state index contributed by atoms with van der Waals surface area (Å²) in [5, 5.41) is 3.16. The van der Waals surface area contributed by atoms with Gasteiger partial charge in [-0.25, -0.2) is 0 Å². The molecule has 148 valence electrons. The molecular weight excluding hydrogens is 326 g/mol. The Labute approximate surface area is 151 Å². The molecule has 1 N–H and O–H groups in total. The lowest BCUT2D eigenvalue weighted by Gasteiger charge is -2.19. The first-order valence-corrected chi connectivity index (χ1v) is 8.79. The summed E-state index contributed by atoms with van der Waals surface area (Å²) in [7, 11) is 0. The van der Waals surface area contributed by atoms with Crippen LogP contribution >= 0.6 is 0 Å². The molecule has 0 aromatic carbocycles. The minimum Gasteiger partial charge on any atom is -0.460 e. The molecule has 0 radical (unpaired) electrons. The maximum Gasteiger partial charge on any atom is 0.308 e. The van der Waals surface area contributed by atoms with Crippen molar-refractivity contribution in [3.8, 4) is 0 Å². The van der Waals surface area contributed by atoms with Crippen LogP contribution in [-0.4, -0.2) is 62.7 Å². The first-order chi connectivity index (χ1) is 11.5. The van der Waals surface area contributed by atoms with Crippen molar-refractivity contribution in [2.24, 2.45) is 0 Å². The first kappa shape index (κ1) is 23.8. The molecule has 0 bridgehead atoms. The van der Waals surface area contributed by atoms with E-state index in [4.69, 9.17) is 18.9 Å². The molecule has 0 heterocycles. The van der Waals surface area contributed by atoms with E-state index in [-0.39, 0.29) is 24.8 Å². The Morgan fingerprint density at radius 1 is 0.680 bits per heavy atom. The zero-order chi connectivity index (χ0) is 19.3. The van der Waals surface area contributed by atoms with Gasteiger partial charge in [-0.1, -0.05) is 0 Å². The van der Waals surface area contributed by atoms with Crippen LogP contribution in [0.25, 0.3) is 0 Å². The zero-order valence-electron chi connectivity index (χ0n) is 16.6. The quantitative estimate of drug-likeness (QED) is 0.421. The molecule has 0 fully saturated rings. The predicted molar refractivity (Wildman–Crippen MR) is 95.4 cm³/mol. The number of ether oxygens (including phenoxy) is 4. The van der Waals surface area contributed by atoms with E-state index in [0.717, 1.165) is 0 Å². The lowest BCUT2D eigenvalue weighted by Crippen LogP contribution is -2.27. The average Bonchev–Trinajstić information content (AvgIpc) is 2.40. The molecule has 0 aliphatic carbocycles. The van der Waals surface area contributed by atoms with Gasteiger partial charge in [0.25, 0.3) is 0 Å². The topological polar surface area (TPSA) is 83.1 Å². The van der Waals surface area contributed by atoms with Gasteiger partial charge >= 0.3 is 11.9 Å². The third-order valence-electron chi connectivity index (χ3n) is 2.59. The Morgan fingerprint density at radius 2 is 1.04 bits per heavy atom. The summed E-state index contributed by atoms with van der Waals surface area (Å²) in [4.78, 5) is 22.9. The van der Waals surface area contributed by atoms with E-state index < -0.39 is 11.2 Å². The lowest BCUT2D eigenvalue weighted by atomic mass is 10.2. The third-order valence-corrected chi connectivity index (χ3v) is 2.59. The highest BCUT2D eigenvalue weighted by Gasteiger charge is 2.16. The second kappa shape index (κ2) is 12.2. The van der Waals surface area contributed by atoms with Crippen molar-refractivity contribution in [1.29, 1.82) is 0 Å². The van der Waals surface area contributed by atoms with E-state index in [0.29, 0.717) is 39.5 Å². The molecule has 0 aromatic rings. The van der Waals surface area contributed by atoms with E-state index in [9.17, 15) is 9.59 Å². The van der Waals surface area contributed by atoms with Gasteiger partial charge in [0.05, 0.1) is 39.3 Å². The first-order valence-electron chi connectivity index (χ1n) is 8.79. The highest BCUT2D eigenvalue weighted by atomic mass is 16.6. The van der Waals surface area contributed by atoms with Crippen molar-refractivity contribution in [3.63, 3.8) is 0 Å². The summed E-state index contributed by atoms with van der Waals surface area (Å²) < 4.78 is 21.1. The number of rotatable bonds is 12. The number of hydrogen-bond acceptors (Lipinski definition) is 7. The van der Waals surface area contributed by atoms with Gasteiger partial charge in [0, 0.05) is 13.1 Å². The maximum absolute atomic E-state index is 11.5. The number of carbonyl (C=O) groups is 2. The molecule has 0 unspecified atom stereocenters. The van der Waals surface area contributed by atoms with Crippen LogP contribution in [0.3, 0.4) is 0 Å². The Hall–Kier alpha value is -1.18. The van der Waals surface area contributed by atoms with Gasteiger partial charge in [0.1, 0.15) is 11.2 Å². The summed E-state index contributed by atoms with van der Waals surface area (Å²) in [6, 6.07) is 0. The van der Waals surface area contributed by atoms with Crippen LogP contribution in [0.15, 0.2) is 0 Å². The highest BCUT2D eigenvalue weighted by Crippen LogP contribution is 2.08. The summed E-state index contributed by atoms with van der Waals surface area (Å²) in [6.07, 6.45) is 0.510. The van der Waals surface area contributed by atoms with Crippen LogP contribution in [0, 0.1) is 0 Å². The fourth-order valence-corrected chi connectivity index (χ4v) is 1.71. The monoisotopic (exact) mass is 361 g/mol. The Morgan fingerprint density at radius 3 is 1.36 bits per heavy atom. The number of nitrogens with one attached hydrogen (secondary N) is 1. The van der Waals surface area contributed by atoms with Crippen LogP contribution in [0.4, 0.5) is 0 Å². The molecule has 0 rings (SSSR count). The minimum absolute atomic E-state index is 0.251. The Bertz CT molecular complexity index is 348. The van der Waals surface area contributed by atoms with E-state index in [1.54, 1.807) is 0 Å². The van der Waals surface area contributed by atoms with Gasteiger partial charge < -0.3 is 24.3 Å². The molecule has 0 saturated carbocycles. The summed E-state index contributed by atoms with van der Waals surface area (Å²) in [5.74, 6) is -0.502. The average molecular weight is 361 g/mol. The summed E-state index contributed by atoms with van der Waals surface area (Å²) >= 11 is 0.